The standard InChI is InChI=1S/C27H31N3O5/c1-27(2,3)21-9-15-24(16-10-21)34-17-6-18-35-26-20(7-5-8-25(26)33-4)19-28-29-22-11-13-23(14-12-22)30(31)32/h5,7-16,19,29H,6,17-18H2,1-4H3/b28-19-. The van der Waals surface area contributed by atoms with E-state index in [1.54, 1.807) is 25.5 Å². The molecule has 3 aromatic carbocycles. The number of anilines is 1. The van der Waals surface area contributed by atoms with E-state index < -0.39 is 4.92 Å². The predicted molar refractivity (Wildman–Crippen MR) is 138 cm³/mol. The molecular formula is C27H31N3O5. The van der Waals surface area contributed by atoms with E-state index in [9.17, 15) is 10.1 Å². The van der Waals surface area contributed by atoms with Gasteiger partial charge in [0.25, 0.3) is 5.69 Å². The molecule has 0 aliphatic rings. The number of benzene rings is 3. The normalized spacial score (nSPS) is 11.3. The van der Waals surface area contributed by atoms with Crippen molar-refractivity contribution in [1.82, 2.24) is 0 Å². The van der Waals surface area contributed by atoms with Crippen molar-refractivity contribution in [2.24, 2.45) is 5.10 Å². The third-order valence-corrected chi connectivity index (χ3v) is 5.23. The van der Waals surface area contributed by atoms with Crippen molar-refractivity contribution in [2.45, 2.75) is 32.6 Å². The summed E-state index contributed by atoms with van der Waals surface area (Å²) in [6, 6.07) is 19.7. The summed E-state index contributed by atoms with van der Waals surface area (Å²) in [5.74, 6) is 2.02. The van der Waals surface area contributed by atoms with Crippen molar-refractivity contribution in [3.63, 3.8) is 0 Å². The maximum atomic E-state index is 10.8. The number of nitrogens with zero attached hydrogens (tertiary/aromatic N) is 2. The van der Waals surface area contributed by atoms with Gasteiger partial charge in [0.1, 0.15) is 5.75 Å². The second-order valence-electron chi connectivity index (χ2n) is 8.88. The number of ether oxygens (including phenoxy) is 3. The van der Waals surface area contributed by atoms with Gasteiger partial charge in [-0.05, 0) is 47.4 Å². The lowest BCUT2D eigenvalue weighted by molar-refractivity contribution is -0.384. The van der Waals surface area contributed by atoms with E-state index in [-0.39, 0.29) is 11.1 Å². The average molecular weight is 478 g/mol. The largest absolute Gasteiger partial charge is 0.493 e. The Labute approximate surface area is 205 Å². The molecule has 0 atom stereocenters. The minimum absolute atomic E-state index is 0.0221. The number of hydrazone groups is 1. The zero-order valence-electron chi connectivity index (χ0n) is 20.5. The van der Waals surface area contributed by atoms with Gasteiger partial charge in [0.15, 0.2) is 11.5 Å². The van der Waals surface area contributed by atoms with Crippen LogP contribution in [-0.2, 0) is 5.41 Å². The van der Waals surface area contributed by atoms with Gasteiger partial charge in [0.05, 0.1) is 37.1 Å². The highest BCUT2D eigenvalue weighted by Gasteiger charge is 2.13. The third-order valence-electron chi connectivity index (χ3n) is 5.23. The fourth-order valence-electron chi connectivity index (χ4n) is 3.26. The fourth-order valence-corrected chi connectivity index (χ4v) is 3.26. The molecule has 0 bridgehead atoms. The van der Waals surface area contributed by atoms with E-state index >= 15 is 0 Å². The summed E-state index contributed by atoms with van der Waals surface area (Å²) in [5.41, 5.74) is 5.62. The highest BCUT2D eigenvalue weighted by Crippen LogP contribution is 2.30. The smallest absolute Gasteiger partial charge is 0.269 e. The number of hydrogen-bond donors (Lipinski definition) is 1. The van der Waals surface area contributed by atoms with Crippen LogP contribution in [0.2, 0.25) is 0 Å². The summed E-state index contributed by atoms with van der Waals surface area (Å²) in [4.78, 5) is 10.3. The minimum atomic E-state index is -0.444. The van der Waals surface area contributed by atoms with Crippen molar-refractivity contribution >= 4 is 17.6 Å². The second-order valence-corrected chi connectivity index (χ2v) is 8.88. The maximum absolute atomic E-state index is 10.8. The SMILES string of the molecule is COc1cccc(/C=N\Nc2ccc([N+](=O)[O-])cc2)c1OCCCOc1ccc(C(C)(C)C)cc1. The van der Waals surface area contributed by atoms with Crippen molar-refractivity contribution in [1.29, 1.82) is 0 Å². The molecule has 0 fully saturated rings. The molecule has 1 N–H and O–H groups in total. The van der Waals surface area contributed by atoms with Gasteiger partial charge in [-0.25, -0.2) is 0 Å². The lowest BCUT2D eigenvalue weighted by Gasteiger charge is -2.19. The Balaban J connectivity index is 1.54. The summed E-state index contributed by atoms with van der Waals surface area (Å²) in [5, 5.41) is 15.0. The molecule has 3 aromatic rings. The molecule has 0 aliphatic heterocycles. The van der Waals surface area contributed by atoms with Crippen LogP contribution in [0.15, 0.2) is 71.8 Å². The molecule has 0 radical (unpaired) electrons. The predicted octanol–water partition coefficient (Wildman–Crippen LogP) is 6.19. The van der Waals surface area contributed by atoms with E-state index in [4.69, 9.17) is 14.2 Å². The first-order valence-electron chi connectivity index (χ1n) is 11.3. The fraction of sp³-hybridized carbons (Fsp3) is 0.296. The van der Waals surface area contributed by atoms with Crippen LogP contribution >= 0.6 is 0 Å². The van der Waals surface area contributed by atoms with Gasteiger partial charge in [-0.1, -0.05) is 39.0 Å². The Kier molecular flexibility index (Phi) is 8.67. The molecule has 0 heterocycles. The number of methoxy groups -OCH3 is 1. The highest BCUT2D eigenvalue weighted by molar-refractivity contribution is 5.85. The summed E-state index contributed by atoms with van der Waals surface area (Å²) < 4.78 is 17.3. The summed E-state index contributed by atoms with van der Waals surface area (Å²) in [6.07, 6.45) is 2.31. The molecule has 0 amide bonds. The summed E-state index contributed by atoms with van der Waals surface area (Å²) in [6.45, 7) is 7.51. The molecular weight excluding hydrogens is 446 g/mol. The van der Waals surface area contributed by atoms with Gasteiger partial charge >= 0.3 is 0 Å². The Hall–Kier alpha value is -4.07. The first-order chi connectivity index (χ1) is 16.8. The molecule has 0 spiro atoms. The molecule has 0 aromatic heterocycles. The first kappa shape index (κ1) is 25.6. The zero-order chi connectivity index (χ0) is 25.3. The van der Waals surface area contributed by atoms with Crippen molar-refractivity contribution in [3.8, 4) is 17.2 Å². The number of para-hydroxylation sites is 1. The van der Waals surface area contributed by atoms with E-state index in [0.717, 1.165) is 11.3 Å². The van der Waals surface area contributed by atoms with Gasteiger partial charge in [0.2, 0.25) is 0 Å². The molecule has 8 nitrogen and oxygen atoms in total. The van der Waals surface area contributed by atoms with E-state index in [2.05, 4.69) is 43.4 Å². The minimum Gasteiger partial charge on any atom is -0.493 e. The molecule has 3 rings (SSSR count). The molecule has 0 aliphatic carbocycles. The van der Waals surface area contributed by atoms with Gasteiger partial charge in [-0.2, -0.15) is 5.10 Å². The third kappa shape index (κ3) is 7.46. The van der Waals surface area contributed by atoms with Crippen LogP contribution in [0.25, 0.3) is 0 Å². The Bertz CT molecular complexity index is 1140. The topological polar surface area (TPSA) is 95.2 Å². The maximum Gasteiger partial charge on any atom is 0.269 e. The van der Waals surface area contributed by atoms with Crippen LogP contribution in [0.1, 0.15) is 38.3 Å². The van der Waals surface area contributed by atoms with Crippen LogP contribution < -0.4 is 19.6 Å². The first-order valence-corrected chi connectivity index (χ1v) is 11.3. The Morgan fingerprint density at radius 1 is 0.971 bits per heavy atom. The molecule has 0 saturated heterocycles. The molecule has 8 heteroatoms. The lowest BCUT2D eigenvalue weighted by atomic mass is 9.87. The Morgan fingerprint density at radius 2 is 1.66 bits per heavy atom. The van der Waals surface area contributed by atoms with E-state index in [1.807, 2.05) is 30.3 Å². The van der Waals surface area contributed by atoms with E-state index in [0.29, 0.717) is 36.8 Å². The average Bonchev–Trinajstić information content (AvgIpc) is 2.84. The molecule has 184 valence electrons. The van der Waals surface area contributed by atoms with Crippen molar-refractivity contribution in [3.05, 3.63) is 88.0 Å². The molecule has 0 unspecified atom stereocenters. The molecule has 0 saturated carbocycles. The van der Waals surface area contributed by atoms with Gasteiger partial charge in [-0.15, -0.1) is 0 Å². The second kappa shape index (κ2) is 11.9. The van der Waals surface area contributed by atoms with Gasteiger partial charge in [-0.3, -0.25) is 15.5 Å². The van der Waals surface area contributed by atoms with Crippen molar-refractivity contribution in [2.75, 3.05) is 25.7 Å². The van der Waals surface area contributed by atoms with Crippen molar-refractivity contribution < 1.29 is 19.1 Å². The number of rotatable bonds is 11. The highest BCUT2D eigenvalue weighted by atomic mass is 16.6. The van der Waals surface area contributed by atoms with Gasteiger partial charge in [0, 0.05) is 24.1 Å². The zero-order valence-corrected chi connectivity index (χ0v) is 20.5. The van der Waals surface area contributed by atoms with Crippen LogP contribution in [0.4, 0.5) is 11.4 Å². The van der Waals surface area contributed by atoms with Crippen LogP contribution in [-0.4, -0.2) is 31.5 Å². The monoisotopic (exact) mass is 477 g/mol. The van der Waals surface area contributed by atoms with Crippen LogP contribution in [0, 0.1) is 10.1 Å². The van der Waals surface area contributed by atoms with Gasteiger partial charge < -0.3 is 14.2 Å². The quantitative estimate of drug-likeness (QED) is 0.153. The number of non-ortho nitro benzene ring substituents is 1. The van der Waals surface area contributed by atoms with Crippen LogP contribution in [0.3, 0.4) is 0 Å². The number of hydrogen-bond acceptors (Lipinski definition) is 7. The van der Waals surface area contributed by atoms with Crippen LogP contribution in [0.5, 0.6) is 17.2 Å². The number of nitrogens with one attached hydrogen (secondary N) is 1. The van der Waals surface area contributed by atoms with E-state index in [1.165, 1.54) is 17.7 Å². The number of nitro benzene ring substituents is 1. The summed E-state index contributed by atoms with van der Waals surface area (Å²) >= 11 is 0. The summed E-state index contributed by atoms with van der Waals surface area (Å²) in [7, 11) is 1.59. The Morgan fingerprint density at radius 3 is 2.29 bits per heavy atom. The lowest BCUT2D eigenvalue weighted by Crippen LogP contribution is -2.11. The molecule has 35 heavy (non-hydrogen) atoms. The number of nitro groups is 1.